The van der Waals surface area contributed by atoms with E-state index < -0.39 is 11.9 Å². The van der Waals surface area contributed by atoms with Crippen molar-refractivity contribution in [2.75, 3.05) is 0 Å². The molecule has 100 heavy (non-hydrogen) atoms. The van der Waals surface area contributed by atoms with Crippen LogP contribution in [0, 0.1) is 12.1 Å². The summed E-state index contributed by atoms with van der Waals surface area (Å²) in [6, 6.07) is 77.6. The van der Waals surface area contributed by atoms with Gasteiger partial charge in [-0.1, -0.05) is 131 Å². The number of rotatable bonds is 6. The quantitative estimate of drug-likeness (QED) is 0.0912. The molecule has 18 aromatic rings. The number of fused-ring (bicyclic) bond motifs is 22. The summed E-state index contributed by atoms with van der Waals surface area (Å²) in [6.45, 7) is 15.5. The van der Waals surface area contributed by atoms with Crippen LogP contribution in [0.25, 0.3) is 132 Å². The van der Waals surface area contributed by atoms with E-state index in [2.05, 4.69) is 205 Å². The van der Waals surface area contributed by atoms with E-state index in [1.165, 1.54) is 16.5 Å². The minimum Gasteiger partial charge on any atom is -0.503 e. The number of hydrogen-bond donors (Lipinski definition) is 2. The topological polar surface area (TPSA) is 189 Å². The summed E-state index contributed by atoms with van der Waals surface area (Å²) in [5.74, 6) is 2.75. The Hall–Kier alpha value is -11.2. The largest absolute Gasteiger partial charge is 2.00 e. The minimum atomic E-state index is -0.833. The van der Waals surface area contributed by atoms with Crippen LogP contribution in [-0.4, -0.2) is 70.0 Å². The summed E-state index contributed by atoms with van der Waals surface area (Å²) in [7, 11) is 0. The molecule has 0 spiro atoms. The third kappa shape index (κ3) is 12.4. The van der Waals surface area contributed by atoms with Crippen LogP contribution >= 0.6 is 0 Å². The Kier molecular flexibility index (Phi) is 18.1. The molecule has 10 aromatic heterocycles. The Morgan fingerprint density at radius 1 is 0.400 bits per heavy atom. The van der Waals surface area contributed by atoms with Crippen LogP contribution in [0.15, 0.2) is 231 Å². The van der Waals surface area contributed by atoms with Gasteiger partial charge in [-0.2, -0.15) is 6.07 Å². The molecular weight excluding hydrogens is 1430 g/mol. The zero-order valence-electron chi connectivity index (χ0n) is 55.6. The van der Waals surface area contributed by atoms with Crippen LogP contribution < -0.4 is 9.47 Å². The predicted octanol–water partition coefficient (Wildman–Crippen LogP) is 19.3. The smallest absolute Gasteiger partial charge is 0.503 e. The molecule has 16 nitrogen and oxygen atoms in total. The van der Waals surface area contributed by atoms with Gasteiger partial charge >= 0.3 is 20.4 Å². The van der Waals surface area contributed by atoms with Gasteiger partial charge in [-0.15, -0.1) is 23.6 Å². The molecule has 8 aromatic carbocycles. The molecule has 0 aliphatic carbocycles. The van der Waals surface area contributed by atoms with Gasteiger partial charge in [-0.05, 0) is 143 Å². The Bertz CT molecular complexity index is 5860. The van der Waals surface area contributed by atoms with Crippen molar-refractivity contribution in [1.82, 2.24) is 47.8 Å². The number of carboxylic acids is 2. The second kappa shape index (κ2) is 26.9. The number of aliphatic carboxylic acids is 2. The average Bonchev–Trinajstić information content (AvgIpc) is 1.52. The summed E-state index contributed by atoms with van der Waals surface area (Å²) in [6.07, 6.45) is 7.47. The van der Waals surface area contributed by atoms with Gasteiger partial charge in [-0.25, -0.2) is 15.0 Å². The van der Waals surface area contributed by atoms with E-state index in [1.54, 1.807) is 0 Å². The summed E-state index contributed by atoms with van der Waals surface area (Å²) in [5.41, 5.74) is 16.1. The van der Waals surface area contributed by atoms with Crippen molar-refractivity contribution in [3.8, 4) is 34.6 Å². The van der Waals surface area contributed by atoms with Gasteiger partial charge in [0.1, 0.15) is 28.8 Å². The molecule has 2 N–H and O–H groups in total. The van der Waals surface area contributed by atoms with Crippen LogP contribution in [0.3, 0.4) is 0 Å². The van der Waals surface area contributed by atoms with Gasteiger partial charge in [0.05, 0.1) is 60.8 Å². The third-order valence-corrected chi connectivity index (χ3v) is 17.4. The van der Waals surface area contributed by atoms with E-state index >= 15 is 0 Å². The molecule has 18 heteroatoms. The third-order valence-electron chi connectivity index (χ3n) is 17.4. The van der Waals surface area contributed by atoms with Crippen LogP contribution in [0.2, 0.25) is 0 Å². The van der Waals surface area contributed by atoms with E-state index in [0.717, 1.165) is 152 Å². The first-order valence-electron chi connectivity index (χ1n) is 32.1. The number of imidazole rings is 2. The number of carboxylic acid groups (broad SMARTS) is 2. The van der Waals surface area contributed by atoms with Crippen LogP contribution in [0.1, 0.15) is 66.5 Å². The Morgan fingerprint density at radius 3 is 1.43 bits per heavy atom. The SMILES string of the molecule is CC(=O)O.CC(=O)O.CC(C)(C)c1ccnc(-n2c3[c-]c(Oc4[c-]c5c(cc4)c4ncccc4n4c6ccccc6nc54)ccc3c3ccccc32)c1.CC(C)(C)c1ccnc(-n2c3ccccc3c3ccc(Oc4ccc5c(c4)c4nc6ccccc6n4c4cccnc54)cc32)c1.[Pd+2].[Pd]. The van der Waals surface area contributed by atoms with Gasteiger partial charge < -0.3 is 28.7 Å². The van der Waals surface area contributed by atoms with Gasteiger partial charge in [0.2, 0.25) is 0 Å². The van der Waals surface area contributed by atoms with E-state index in [9.17, 15) is 0 Å². The van der Waals surface area contributed by atoms with Gasteiger partial charge in [0, 0.05) is 104 Å². The predicted molar refractivity (Wildman–Crippen MR) is 390 cm³/mol. The number of hydrogen-bond acceptors (Lipinski definition) is 10. The van der Waals surface area contributed by atoms with E-state index in [1.807, 2.05) is 97.6 Å². The van der Waals surface area contributed by atoms with Crippen molar-refractivity contribution in [1.29, 1.82) is 0 Å². The molecular formula is C82H64N10O6Pd2. The Labute approximate surface area is 601 Å². The number of carbonyl (C=O) groups is 2. The monoisotopic (exact) mass is 1500 g/mol. The molecule has 0 bridgehead atoms. The average molecular weight is 1500 g/mol. The fourth-order valence-corrected chi connectivity index (χ4v) is 13.0. The van der Waals surface area contributed by atoms with Gasteiger partial charge in [-0.3, -0.25) is 33.5 Å². The van der Waals surface area contributed by atoms with Crippen molar-refractivity contribution in [2.24, 2.45) is 0 Å². The zero-order valence-corrected chi connectivity index (χ0v) is 58.7. The van der Waals surface area contributed by atoms with Gasteiger partial charge in [0.25, 0.3) is 11.9 Å². The van der Waals surface area contributed by atoms with E-state index in [-0.39, 0.29) is 51.7 Å². The molecule has 0 unspecified atom stereocenters. The second-order valence-corrected chi connectivity index (χ2v) is 26.1. The first kappa shape index (κ1) is 67.3. The number of para-hydroxylation sites is 6. The molecule has 0 aliphatic rings. The maximum Gasteiger partial charge on any atom is 2.00 e. The van der Waals surface area contributed by atoms with Crippen molar-refractivity contribution in [3.05, 3.63) is 254 Å². The van der Waals surface area contributed by atoms with E-state index in [0.29, 0.717) is 11.5 Å². The summed E-state index contributed by atoms with van der Waals surface area (Å²) < 4.78 is 21.9. The summed E-state index contributed by atoms with van der Waals surface area (Å²) >= 11 is 0. The molecule has 498 valence electrons. The minimum absolute atomic E-state index is 0. The van der Waals surface area contributed by atoms with Crippen LogP contribution in [0.4, 0.5) is 0 Å². The Balaban J connectivity index is 0.000000159. The van der Waals surface area contributed by atoms with Crippen molar-refractivity contribution in [2.45, 2.75) is 66.2 Å². The summed E-state index contributed by atoms with van der Waals surface area (Å²) in [4.78, 5) is 47.2. The standard InChI is InChI=1S/C39H29N5O.C39H27N5O.2C2H4O2.2Pd/c2*1-39(2,3)24-18-20-40-36(21-24)43-32-11-6-4-9-27(32)28-16-14-26(23-35(28)43)45-25-15-17-29-30(22-25)38-42-31-10-5-7-12-33(31)44(38)34-13-8-19-41-37(29)34;2*1-2(3)4;;/h4-23H,1-3H3;4-21H,1-3H3;2*1H3,(H,3,4);;/q;-2;;;;+2. The number of pyridine rings is 6. The van der Waals surface area contributed by atoms with Crippen LogP contribution in [0.5, 0.6) is 23.0 Å². The molecule has 10 heterocycles. The second-order valence-electron chi connectivity index (χ2n) is 26.1. The molecule has 0 saturated carbocycles. The molecule has 0 atom stereocenters. The first-order chi connectivity index (χ1) is 47.3. The summed E-state index contributed by atoms with van der Waals surface area (Å²) in [5, 5.41) is 23.3. The van der Waals surface area contributed by atoms with Crippen molar-refractivity contribution in [3.63, 3.8) is 0 Å². The maximum atomic E-state index is 9.00. The van der Waals surface area contributed by atoms with Crippen molar-refractivity contribution < 1.29 is 70.1 Å². The fourth-order valence-electron chi connectivity index (χ4n) is 13.0. The molecule has 0 amide bonds. The number of benzene rings is 8. The normalized spacial score (nSPS) is 11.6. The van der Waals surface area contributed by atoms with E-state index in [4.69, 9.17) is 59.2 Å². The number of aromatic nitrogens is 10. The van der Waals surface area contributed by atoms with Crippen molar-refractivity contribution >= 4 is 133 Å². The fraction of sp³-hybridized carbons (Fsp3) is 0.122. The zero-order chi connectivity index (χ0) is 67.7. The first-order valence-corrected chi connectivity index (χ1v) is 32.1. The molecule has 0 fully saturated rings. The molecule has 0 radical (unpaired) electrons. The van der Waals surface area contributed by atoms with Crippen LogP contribution in [-0.2, 0) is 61.3 Å². The maximum absolute atomic E-state index is 9.00. The number of nitrogens with zero attached hydrogens (tertiary/aromatic N) is 10. The number of ether oxygens (including phenoxy) is 2. The molecule has 0 saturated heterocycles. The molecule has 18 rings (SSSR count). The molecule has 0 aliphatic heterocycles. The Morgan fingerprint density at radius 2 is 0.840 bits per heavy atom. The van der Waals surface area contributed by atoms with Gasteiger partial charge in [0.15, 0.2) is 0 Å².